The van der Waals surface area contributed by atoms with Crippen LogP contribution >= 0.6 is 11.3 Å². The van der Waals surface area contributed by atoms with E-state index in [1.807, 2.05) is 66.9 Å². The molecule has 0 saturated heterocycles. The maximum atomic E-state index is 12.5. The molecule has 3 rings (SSSR count). The fourth-order valence-electron chi connectivity index (χ4n) is 2.36. The lowest BCUT2D eigenvalue weighted by Gasteiger charge is -2.10. The van der Waals surface area contributed by atoms with Crippen molar-refractivity contribution in [2.45, 2.75) is 13.5 Å². The summed E-state index contributed by atoms with van der Waals surface area (Å²) in [6.07, 6.45) is 0. The van der Waals surface area contributed by atoms with Crippen molar-refractivity contribution in [3.05, 3.63) is 76.0 Å². The topological polar surface area (TPSA) is 47.6 Å². The molecule has 25 heavy (non-hydrogen) atoms. The first kappa shape index (κ1) is 17.0. The number of methoxy groups -OCH3 is 1. The van der Waals surface area contributed by atoms with Crippen molar-refractivity contribution in [3.63, 3.8) is 0 Å². The Morgan fingerprint density at radius 3 is 2.68 bits per heavy atom. The molecule has 0 aliphatic heterocycles. The Kier molecular flexibility index (Phi) is 5.36. The monoisotopic (exact) mass is 353 g/mol. The summed E-state index contributed by atoms with van der Waals surface area (Å²) in [4.78, 5) is 13.1. The first-order valence-electron chi connectivity index (χ1n) is 7.87. The SMILES string of the molecule is COc1ccc(C)cc1NC(=O)c1cc(COc2ccccc2)cs1. The van der Waals surface area contributed by atoms with E-state index < -0.39 is 0 Å². The number of amides is 1. The molecule has 1 amide bonds. The van der Waals surface area contributed by atoms with E-state index in [0.717, 1.165) is 16.9 Å². The molecule has 0 saturated carbocycles. The van der Waals surface area contributed by atoms with E-state index >= 15 is 0 Å². The van der Waals surface area contributed by atoms with Crippen molar-refractivity contribution in [3.8, 4) is 11.5 Å². The van der Waals surface area contributed by atoms with E-state index in [-0.39, 0.29) is 5.91 Å². The lowest BCUT2D eigenvalue weighted by atomic mass is 10.2. The molecule has 2 aromatic carbocycles. The number of anilines is 1. The van der Waals surface area contributed by atoms with Gasteiger partial charge in [-0.2, -0.15) is 0 Å². The van der Waals surface area contributed by atoms with Crippen molar-refractivity contribution in [1.29, 1.82) is 0 Å². The largest absolute Gasteiger partial charge is 0.495 e. The molecule has 4 nitrogen and oxygen atoms in total. The fourth-order valence-corrected chi connectivity index (χ4v) is 3.15. The van der Waals surface area contributed by atoms with Gasteiger partial charge in [-0.15, -0.1) is 11.3 Å². The number of hydrogen-bond donors (Lipinski definition) is 1. The van der Waals surface area contributed by atoms with E-state index in [1.54, 1.807) is 7.11 Å². The molecular formula is C20H19NO3S. The molecule has 0 spiro atoms. The second-order valence-corrected chi connectivity index (χ2v) is 6.49. The first-order valence-corrected chi connectivity index (χ1v) is 8.75. The summed E-state index contributed by atoms with van der Waals surface area (Å²) >= 11 is 1.40. The summed E-state index contributed by atoms with van der Waals surface area (Å²) in [6.45, 7) is 2.40. The summed E-state index contributed by atoms with van der Waals surface area (Å²) in [7, 11) is 1.59. The summed E-state index contributed by atoms with van der Waals surface area (Å²) in [5.41, 5.74) is 2.69. The Morgan fingerprint density at radius 2 is 1.92 bits per heavy atom. The van der Waals surface area contributed by atoms with Crippen molar-refractivity contribution < 1.29 is 14.3 Å². The third-order valence-corrected chi connectivity index (χ3v) is 4.61. The van der Waals surface area contributed by atoms with Crippen LogP contribution in [0.25, 0.3) is 0 Å². The van der Waals surface area contributed by atoms with Crippen LogP contribution in [-0.4, -0.2) is 13.0 Å². The average molecular weight is 353 g/mol. The van der Waals surface area contributed by atoms with E-state index in [2.05, 4.69) is 5.32 Å². The minimum atomic E-state index is -0.153. The molecule has 0 aliphatic rings. The average Bonchev–Trinajstić information content (AvgIpc) is 3.10. The number of carbonyl (C=O) groups excluding carboxylic acids is 1. The van der Waals surface area contributed by atoms with Gasteiger partial charge in [0.2, 0.25) is 0 Å². The van der Waals surface area contributed by atoms with Gasteiger partial charge in [0.25, 0.3) is 5.91 Å². The molecule has 0 unspecified atom stereocenters. The van der Waals surface area contributed by atoms with E-state index in [0.29, 0.717) is 22.9 Å². The van der Waals surface area contributed by atoms with Crippen LogP contribution in [0.5, 0.6) is 11.5 Å². The van der Waals surface area contributed by atoms with Crippen molar-refractivity contribution in [2.24, 2.45) is 0 Å². The number of hydrogen-bond acceptors (Lipinski definition) is 4. The molecule has 0 bridgehead atoms. The van der Waals surface area contributed by atoms with Gasteiger partial charge < -0.3 is 14.8 Å². The quantitative estimate of drug-likeness (QED) is 0.686. The molecular weight excluding hydrogens is 334 g/mol. The molecule has 0 aliphatic carbocycles. The molecule has 0 radical (unpaired) electrons. The third kappa shape index (κ3) is 4.39. The maximum absolute atomic E-state index is 12.5. The number of benzene rings is 2. The molecule has 3 aromatic rings. The zero-order valence-corrected chi connectivity index (χ0v) is 14.9. The van der Waals surface area contributed by atoms with E-state index in [4.69, 9.17) is 9.47 Å². The molecule has 0 atom stereocenters. The molecule has 0 fully saturated rings. The third-order valence-electron chi connectivity index (χ3n) is 3.63. The highest BCUT2D eigenvalue weighted by Gasteiger charge is 2.12. The summed E-state index contributed by atoms with van der Waals surface area (Å²) in [5, 5.41) is 4.85. The first-order chi connectivity index (χ1) is 12.2. The predicted molar refractivity (Wildman–Crippen MR) is 101 cm³/mol. The second kappa shape index (κ2) is 7.85. The van der Waals surface area contributed by atoms with Gasteiger partial charge in [0.05, 0.1) is 17.7 Å². The lowest BCUT2D eigenvalue weighted by Crippen LogP contribution is -2.11. The van der Waals surface area contributed by atoms with Crippen molar-refractivity contribution >= 4 is 22.9 Å². The van der Waals surface area contributed by atoms with Crippen LogP contribution in [-0.2, 0) is 6.61 Å². The minimum Gasteiger partial charge on any atom is -0.495 e. The Hall–Kier alpha value is -2.79. The van der Waals surface area contributed by atoms with Crippen LogP contribution in [0.3, 0.4) is 0 Å². The van der Waals surface area contributed by atoms with Crippen molar-refractivity contribution in [2.75, 3.05) is 12.4 Å². The number of carbonyl (C=O) groups is 1. The number of para-hydroxylation sites is 1. The van der Waals surface area contributed by atoms with Gasteiger partial charge in [-0.05, 0) is 48.2 Å². The van der Waals surface area contributed by atoms with Crippen LogP contribution in [0.1, 0.15) is 20.8 Å². The normalized spacial score (nSPS) is 10.3. The number of nitrogens with one attached hydrogen (secondary N) is 1. The van der Waals surface area contributed by atoms with Gasteiger partial charge in [0.1, 0.15) is 18.1 Å². The van der Waals surface area contributed by atoms with Gasteiger partial charge >= 0.3 is 0 Å². The fraction of sp³-hybridized carbons (Fsp3) is 0.150. The molecule has 1 heterocycles. The lowest BCUT2D eigenvalue weighted by molar-refractivity contribution is 0.103. The van der Waals surface area contributed by atoms with Gasteiger partial charge in [-0.3, -0.25) is 4.79 Å². The van der Waals surface area contributed by atoms with Crippen molar-refractivity contribution in [1.82, 2.24) is 0 Å². The Bertz CT molecular complexity index is 858. The minimum absolute atomic E-state index is 0.153. The van der Waals surface area contributed by atoms with Crippen LogP contribution in [0.2, 0.25) is 0 Å². The number of aryl methyl sites for hydroxylation is 1. The standard InChI is InChI=1S/C20H19NO3S/c1-14-8-9-18(23-2)17(10-14)21-20(22)19-11-15(13-25-19)12-24-16-6-4-3-5-7-16/h3-11,13H,12H2,1-2H3,(H,21,22). The van der Waals surface area contributed by atoms with Gasteiger partial charge in [-0.1, -0.05) is 24.3 Å². The molecule has 5 heteroatoms. The zero-order valence-electron chi connectivity index (χ0n) is 14.1. The maximum Gasteiger partial charge on any atom is 0.265 e. The van der Waals surface area contributed by atoms with Gasteiger partial charge in [-0.25, -0.2) is 0 Å². The summed E-state index contributed by atoms with van der Waals surface area (Å²) in [5.74, 6) is 1.30. The summed E-state index contributed by atoms with van der Waals surface area (Å²) < 4.78 is 11.0. The van der Waals surface area contributed by atoms with Gasteiger partial charge in [0.15, 0.2) is 0 Å². The molecule has 128 valence electrons. The highest BCUT2D eigenvalue weighted by Crippen LogP contribution is 2.27. The van der Waals surface area contributed by atoms with E-state index in [1.165, 1.54) is 11.3 Å². The van der Waals surface area contributed by atoms with Crippen LogP contribution in [0, 0.1) is 6.92 Å². The number of ether oxygens (including phenoxy) is 2. The number of rotatable bonds is 6. The highest BCUT2D eigenvalue weighted by molar-refractivity contribution is 7.12. The van der Waals surface area contributed by atoms with Crippen LogP contribution in [0.15, 0.2) is 60.0 Å². The van der Waals surface area contributed by atoms with Crippen LogP contribution in [0.4, 0.5) is 5.69 Å². The van der Waals surface area contributed by atoms with E-state index in [9.17, 15) is 4.79 Å². The Balaban J connectivity index is 1.65. The summed E-state index contributed by atoms with van der Waals surface area (Å²) in [6, 6.07) is 17.1. The Morgan fingerprint density at radius 1 is 1.12 bits per heavy atom. The predicted octanol–water partition coefficient (Wildman–Crippen LogP) is 4.90. The molecule has 1 N–H and O–H groups in total. The number of thiophene rings is 1. The second-order valence-electron chi connectivity index (χ2n) is 5.58. The smallest absolute Gasteiger partial charge is 0.265 e. The molecule has 1 aromatic heterocycles. The van der Waals surface area contributed by atoms with Gasteiger partial charge in [0, 0.05) is 5.56 Å². The van der Waals surface area contributed by atoms with Crippen LogP contribution < -0.4 is 14.8 Å². The Labute approximate surface area is 151 Å². The highest BCUT2D eigenvalue weighted by atomic mass is 32.1. The zero-order chi connectivity index (χ0) is 17.6.